The Morgan fingerprint density at radius 1 is 1.52 bits per heavy atom. The molecule has 2 aliphatic rings. The van der Waals surface area contributed by atoms with Gasteiger partial charge in [-0.1, -0.05) is 0 Å². The fourth-order valence-corrected chi connectivity index (χ4v) is 2.48. The predicted molar refractivity (Wildman–Crippen MR) is 81.9 cm³/mol. The van der Waals surface area contributed by atoms with Crippen LogP contribution in [-0.2, 0) is 9.53 Å². The van der Waals surface area contributed by atoms with Crippen molar-refractivity contribution in [3.05, 3.63) is 34.8 Å². The first-order chi connectivity index (χ1) is 9.93. The van der Waals surface area contributed by atoms with E-state index in [0.717, 1.165) is 18.1 Å². The lowest BCUT2D eigenvalue weighted by Gasteiger charge is -2.28. The number of esters is 1. The average Bonchev–Trinajstić information content (AvgIpc) is 2.81. The van der Waals surface area contributed by atoms with E-state index in [-0.39, 0.29) is 5.97 Å². The van der Waals surface area contributed by atoms with Gasteiger partial charge < -0.3 is 20.0 Å². The summed E-state index contributed by atoms with van der Waals surface area (Å²) in [6, 6.07) is -0.413. The van der Waals surface area contributed by atoms with E-state index in [1.165, 1.54) is 11.1 Å². The SMILES string of the molecule is CCOC(=O)C1C=C(C2=C(C)C=C(N(C)C)NC2)N(C)N1. The minimum absolute atomic E-state index is 0.245. The van der Waals surface area contributed by atoms with Gasteiger partial charge >= 0.3 is 5.97 Å². The maximum absolute atomic E-state index is 11.8. The fraction of sp³-hybridized carbons (Fsp3) is 0.533. The molecule has 116 valence electrons. The molecule has 0 aromatic heterocycles. The summed E-state index contributed by atoms with van der Waals surface area (Å²) in [5.41, 5.74) is 6.51. The summed E-state index contributed by atoms with van der Waals surface area (Å²) in [4.78, 5) is 13.9. The van der Waals surface area contributed by atoms with Crippen LogP contribution in [0.5, 0.6) is 0 Å². The van der Waals surface area contributed by atoms with Crippen LogP contribution in [0.15, 0.2) is 34.8 Å². The Hall–Kier alpha value is -1.95. The fourth-order valence-electron chi connectivity index (χ4n) is 2.48. The van der Waals surface area contributed by atoms with Crippen molar-refractivity contribution in [3.63, 3.8) is 0 Å². The lowest BCUT2D eigenvalue weighted by molar-refractivity contribution is -0.144. The number of hydrogen-bond donors (Lipinski definition) is 2. The molecule has 0 radical (unpaired) electrons. The third-order valence-corrected chi connectivity index (χ3v) is 3.63. The number of ether oxygens (including phenoxy) is 1. The van der Waals surface area contributed by atoms with Gasteiger partial charge in [-0.3, -0.25) is 0 Å². The third kappa shape index (κ3) is 3.21. The van der Waals surface area contributed by atoms with E-state index in [1.54, 1.807) is 0 Å². The molecule has 21 heavy (non-hydrogen) atoms. The zero-order valence-electron chi connectivity index (χ0n) is 13.4. The Morgan fingerprint density at radius 3 is 2.81 bits per heavy atom. The summed E-state index contributed by atoms with van der Waals surface area (Å²) < 4.78 is 5.06. The molecular formula is C15H24N4O2. The van der Waals surface area contributed by atoms with Gasteiger partial charge in [0, 0.05) is 27.7 Å². The summed E-state index contributed by atoms with van der Waals surface area (Å²) in [7, 11) is 5.93. The molecule has 6 nitrogen and oxygen atoms in total. The van der Waals surface area contributed by atoms with Crippen molar-refractivity contribution in [2.24, 2.45) is 0 Å². The number of allylic oxidation sites excluding steroid dienone is 2. The van der Waals surface area contributed by atoms with E-state index in [4.69, 9.17) is 4.74 Å². The van der Waals surface area contributed by atoms with Crippen molar-refractivity contribution in [2.75, 3.05) is 34.3 Å². The number of hydrazine groups is 1. The van der Waals surface area contributed by atoms with E-state index >= 15 is 0 Å². The van der Waals surface area contributed by atoms with E-state index < -0.39 is 6.04 Å². The van der Waals surface area contributed by atoms with Crippen LogP contribution in [0, 0.1) is 0 Å². The van der Waals surface area contributed by atoms with E-state index in [1.807, 2.05) is 44.1 Å². The second-order valence-corrected chi connectivity index (χ2v) is 5.41. The van der Waals surface area contributed by atoms with Gasteiger partial charge in [0.1, 0.15) is 11.9 Å². The summed E-state index contributed by atoms with van der Waals surface area (Å²) in [5.74, 6) is 0.846. The smallest absolute Gasteiger partial charge is 0.329 e. The highest BCUT2D eigenvalue weighted by atomic mass is 16.5. The number of likely N-dealkylation sites (N-methyl/N-ethyl adjacent to an activating group) is 1. The van der Waals surface area contributed by atoms with Crippen LogP contribution >= 0.6 is 0 Å². The van der Waals surface area contributed by atoms with Crippen molar-refractivity contribution in [1.82, 2.24) is 20.7 Å². The monoisotopic (exact) mass is 292 g/mol. The molecule has 2 aliphatic heterocycles. The van der Waals surface area contributed by atoms with Crippen LogP contribution in [0.3, 0.4) is 0 Å². The number of rotatable bonds is 4. The molecule has 0 aliphatic carbocycles. The van der Waals surface area contributed by atoms with E-state index in [0.29, 0.717) is 6.61 Å². The number of dihydropyridines is 1. The minimum atomic E-state index is -0.413. The standard InChI is InChI=1S/C15H24N4O2/c1-6-21-15(20)12-8-13(19(5)17-12)11-9-16-14(18(3)4)7-10(11)2/h7-8,12,16-17H,6,9H2,1-5H3. The molecular weight excluding hydrogens is 268 g/mol. The molecule has 0 fully saturated rings. The Bertz CT molecular complexity index is 520. The van der Waals surface area contributed by atoms with Gasteiger partial charge in [0.25, 0.3) is 0 Å². The molecule has 0 saturated heterocycles. The number of carbonyl (C=O) groups excluding carboxylic acids is 1. The summed E-state index contributed by atoms with van der Waals surface area (Å²) in [6.07, 6.45) is 4.04. The number of nitrogens with one attached hydrogen (secondary N) is 2. The van der Waals surface area contributed by atoms with E-state index in [2.05, 4.69) is 23.7 Å². The Balaban J connectivity index is 2.23. The van der Waals surface area contributed by atoms with Crippen LogP contribution in [-0.4, -0.2) is 56.2 Å². The van der Waals surface area contributed by atoms with Crippen molar-refractivity contribution in [2.45, 2.75) is 19.9 Å². The summed E-state index contributed by atoms with van der Waals surface area (Å²) in [5, 5.41) is 5.27. The molecule has 0 spiro atoms. The molecule has 2 rings (SSSR count). The van der Waals surface area contributed by atoms with Crippen LogP contribution in [0.25, 0.3) is 0 Å². The number of carbonyl (C=O) groups is 1. The van der Waals surface area contributed by atoms with Crippen molar-refractivity contribution in [3.8, 4) is 0 Å². The van der Waals surface area contributed by atoms with Gasteiger partial charge in [0.05, 0.1) is 12.3 Å². The molecule has 0 aromatic rings. The van der Waals surface area contributed by atoms with Gasteiger partial charge in [-0.15, -0.1) is 0 Å². The number of hydrogen-bond acceptors (Lipinski definition) is 6. The van der Waals surface area contributed by atoms with Gasteiger partial charge in [-0.2, -0.15) is 0 Å². The molecule has 6 heteroatoms. The van der Waals surface area contributed by atoms with Crippen LogP contribution < -0.4 is 10.7 Å². The van der Waals surface area contributed by atoms with Gasteiger partial charge in [0.2, 0.25) is 0 Å². The first kappa shape index (κ1) is 15.4. The Labute approximate surface area is 126 Å². The molecule has 0 amide bonds. The second kappa shape index (κ2) is 6.22. The van der Waals surface area contributed by atoms with Crippen molar-refractivity contribution in [1.29, 1.82) is 0 Å². The zero-order chi connectivity index (χ0) is 15.6. The lowest BCUT2D eigenvalue weighted by atomic mass is 10.0. The normalized spacial score (nSPS) is 21.8. The molecule has 2 N–H and O–H groups in total. The highest BCUT2D eigenvalue weighted by Gasteiger charge is 2.29. The summed E-state index contributed by atoms with van der Waals surface area (Å²) in [6.45, 7) is 5.03. The van der Waals surface area contributed by atoms with Gasteiger partial charge in [-0.05, 0) is 37.1 Å². The zero-order valence-corrected chi connectivity index (χ0v) is 13.4. The van der Waals surface area contributed by atoms with Crippen LogP contribution in [0.1, 0.15) is 13.8 Å². The lowest BCUT2D eigenvalue weighted by Crippen LogP contribution is -2.40. The molecule has 1 atom stereocenters. The molecule has 0 saturated carbocycles. The van der Waals surface area contributed by atoms with E-state index in [9.17, 15) is 4.79 Å². The Morgan fingerprint density at radius 2 is 2.24 bits per heavy atom. The predicted octanol–water partition coefficient (Wildman–Crippen LogP) is 0.575. The maximum atomic E-state index is 11.8. The highest BCUT2D eigenvalue weighted by Crippen LogP contribution is 2.25. The molecule has 0 bridgehead atoms. The highest BCUT2D eigenvalue weighted by molar-refractivity contribution is 5.79. The quantitative estimate of drug-likeness (QED) is 0.739. The van der Waals surface area contributed by atoms with Gasteiger partial charge in [0.15, 0.2) is 0 Å². The second-order valence-electron chi connectivity index (χ2n) is 5.41. The average molecular weight is 292 g/mol. The maximum Gasteiger partial charge on any atom is 0.329 e. The van der Waals surface area contributed by atoms with Gasteiger partial charge in [-0.25, -0.2) is 10.2 Å². The first-order valence-corrected chi connectivity index (χ1v) is 7.15. The van der Waals surface area contributed by atoms with Crippen LogP contribution in [0.4, 0.5) is 0 Å². The summed E-state index contributed by atoms with van der Waals surface area (Å²) >= 11 is 0. The largest absolute Gasteiger partial charge is 0.465 e. The molecule has 1 unspecified atom stereocenters. The third-order valence-electron chi connectivity index (χ3n) is 3.63. The molecule has 0 aromatic carbocycles. The molecule has 2 heterocycles. The number of nitrogens with zero attached hydrogens (tertiary/aromatic N) is 2. The Kier molecular flexibility index (Phi) is 4.57. The topological polar surface area (TPSA) is 56.8 Å². The first-order valence-electron chi connectivity index (χ1n) is 7.15. The minimum Gasteiger partial charge on any atom is -0.465 e. The van der Waals surface area contributed by atoms with Crippen molar-refractivity contribution < 1.29 is 9.53 Å². The van der Waals surface area contributed by atoms with Crippen LogP contribution in [0.2, 0.25) is 0 Å². The van der Waals surface area contributed by atoms with Crippen molar-refractivity contribution >= 4 is 5.97 Å².